The Kier molecular flexibility index (Phi) is 8.47. The highest BCUT2D eigenvalue weighted by molar-refractivity contribution is 14.1. The third kappa shape index (κ3) is 7.46. The van der Waals surface area contributed by atoms with Crippen molar-refractivity contribution in [1.82, 2.24) is 0 Å². The molecular formula is C14H27IO3Si. The maximum atomic E-state index is 11.4. The highest BCUT2D eigenvalue weighted by atomic mass is 127. The lowest BCUT2D eigenvalue weighted by Crippen LogP contribution is -2.43. The minimum atomic E-state index is -1.80. The molecule has 0 saturated heterocycles. The molecule has 0 fully saturated rings. The molecule has 0 aliphatic heterocycles. The number of carbonyl (C=O) groups is 1. The molecule has 0 N–H and O–H groups in total. The molecule has 0 aliphatic carbocycles. The predicted octanol–water partition coefficient (Wildman–Crippen LogP) is 4.32. The van der Waals surface area contributed by atoms with Crippen LogP contribution in [0.4, 0.5) is 0 Å². The fraction of sp³-hybridized carbons (Fsp3) is 0.786. The normalized spacial score (nSPS) is 14.7. The topological polar surface area (TPSA) is 35.5 Å². The van der Waals surface area contributed by atoms with E-state index in [-0.39, 0.29) is 17.1 Å². The zero-order valence-corrected chi connectivity index (χ0v) is 16.1. The van der Waals surface area contributed by atoms with Crippen LogP contribution in [0, 0.1) is 0 Å². The van der Waals surface area contributed by atoms with Gasteiger partial charge in [-0.2, -0.15) is 0 Å². The second kappa shape index (κ2) is 8.41. The molecule has 0 aromatic rings. The third-order valence-corrected chi connectivity index (χ3v) is 8.51. The van der Waals surface area contributed by atoms with Crippen molar-refractivity contribution in [3.05, 3.63) is 12.2 Å². The number of carbonyl (C=O) groups excluding carboxylic acids is 1. The van der Waals surface area contributed by atoms with Crippen molar-refractivity contribution in [2.75, 3.05) is 11.0 Å². The quantitative estimate of drug-likeness (QED) is 0.211. The molecule has 0 heterocycles. The van der Waals surface area contributed by atoms with E-state index in [0.717, 1.165) is 10.8 Å². The Hall–Kier alpha value is 0.117. The van der Waals surface area contributed by atoms with Gasteiger partial charge in [0.05, 0.1) is 12.7 Å². The zero-order chi connectivity index (χ0) is 15.1. The molecule has 0 spiro atoms. The van der Waals surface area contributed by atoms with Crippen molar-refractivity contribution in [2.45, 2.75) is 58.4 Å². The molecule has 0 unspecified atom stereocenters. The largest absolute Gasteiger partial charge is 0.463 e. The number of ether oxygens (including phenoxy) is 1. The van der Waals surface area contributed by atoms with Crippen LogP contribution in [0.2, 0.25) is 18.1 Å². The summed E-state index contributed by atoms with van der Waals surface area (Å²) in [5, 5.41) is 0.175. The average molecular weight is 398 g/mol. The molecule has 0 aliphatic rings. The van der Waals surface area contributed by atoms with Gasteiger partial charge in [-0.1, -0.05) is 43.4 Å². The van der Waals surface area contributed by atoms with Crippen LogP contribution in [0.5, 0.6) is 0 Å². The van der Waals surface area contributed by atoms with Crippen molar-refractivity contribution in [3.8, 4) is 0 Å². The molecule has 0 radical (unpaired) electrons. The Bertz CT molecular complexity index is 308. The number of hydrogen-bond donors (Lipinski definition) is 0. The van der Waals surface area contributed by atoms with Crippen LogP contribution < -0.4 is 0 Å². The summed E-state index contributed by atoms with van der Waals surface area (Å²) in [4.78, 5) is 11.4. The monoisotopic (exact) mass is 398 g/mol. The van der Waals surface area contributed by atoms with Crippen LogP contribution in [0.1, 0.15) is 34.1 Å². The fourth-order valence-electron chi connectivity index (χ4n) is 1.23. The smallest absolute Gasteiger partial charge is 0.330 e. The molecule has 0 bridgehead atoms. The Morgan fingerprint density at radius 3 is 2.37 bits per heavy atom. The molecule has 1 atom stereocenters. The van der Waals surface area contributed by atoms with Crippen LogP contribution in [-0.4, -0.2) is 31.4 Å². The van der Waals surface area contributed by atoms with Crippen molar-refractivity contribution >= 4 is 36.9 Å². The van der Waals surface area contributed by atoms with Gasteiger partial charge in [0.1, 0.15) is 0 Å². The highest BCUT2D eigenvalue weighted by Gasteiger charge is 2.38. The van der Waals surface area contributed by atoms with Gasteiger partial charge in [-0.15, -0.1) is 0 Å². The van der Waals surface area contributed by atoms with Crippen molar-refractivity contribution in [3.63, 3.8) is 0 Å². The molecule has 0 saturated carbocycles. The Balaban J connectivity index is 4.71. The SMILES string of the molecule is CCOC(=O)/C=C/[C@@H](CCI)O[Si](C)(C)C(C)(C)C. The first-order valence-electron chi connectivity index (χ1n) is 6.72. The summed E-state index contributed by atoms with van der Waals surface area (Å²) < 4.78 is 12.2. The van der Waals surface area contributed by atoms with Gasteiger partial charge in [0, 0.05) is 10.5 Å². The van der Waals surface area contributed by atoms with E-state index >= 15 is 0 Å². The third-order valence-electron chi connectivity index (χ3n) is 3.38. The number of hydrogen-bond acceptors (Lipinski definition) is 3. The Morgan fingerprint density at radius 2 is 1.95 bits per heavy atom. The maximum absolute atomic E-state index is 11.4. The number of rotatable bonds is 7. The second-order valence-corrected chi connectivity index (χ2v) is 11.8. The standard InChI is InChI=1S/C14H27IO3Si/c1-7-17-13(16)9-8-12(10-11-15)18-19(5,6)14(2,3)4/h8-9,12H,7,10-11H2,1-6H3/b9-8+/t12-/m0/s1. The lowest BCUT2D eigenvalue weighted by Gasteiger charge is -2.38. The fourth-order valence-corrected chi connectivity index (χ4v) is 3.15. The van der Waals surface area contributed by atoms with E-state index in [1.807, 2.05) is 6.08 Å². The van der Waals surface area contributed by atoms with E-state index in [1.54, 1.807) is 6.92 Å². The molecular weight excluding hydrogens is 371 g/mol. The molecule has 0 amide bonds. The van der Waals surface area contributed by atoms with Crippen LogP contribution >= 0.6 is 22.6 Å². The molecule has 0 aromatic carbocycles. The van der Waals surface area contributed by atoms with Gasteiger partial charge in [-0.05, 0) is 37.6 Å². The summed E-state index contributed by atoms with van der Waals surface area (Å²) in [6.07, 6.45) is 4.26. The van der Waals surface area contributed by atoms with E-state index in [0.29, 0.717) is 6.61 Å². The lowest BCUT2D eigenvalue weighted by molar-refractivity contribution is -0.137. The minimum Gasteiger partial charge on any atom is -0.463 e. The van der Waals surface area contributed by atoms with Gasteiger partial charge in [0.2, 0.25) is 0 Å². The molecule has 19 heavy (non-hydrogen) atoms. The van der Waals surface area contributed by atoms with Gasteiger partial charge in [-0.25, -0.2) is 4.79 Å². The Morgan fingerprint density at radius 1 is 1.37 bits per heavy atom. The van der Waals surface area contributed by atoms with Gasteiger partial charge in [0.25, 0.3) is 0 Å². The van der Waals surface area contributed by atoms with E-state index < -0.39 is 8.32 Å². The summed E-state index contributed by atoms with van der Waals surface area (Å²) in [7, 11) is -1.80. The van der Waals surface area contributed by atoms with Crippen molar-refractivity contribution in [2.24, 2.45) is 0 Å². The zero-order valence-electron chi connectivity index (χ0n) is 13.0. The number of alkyl halides is 1. The predicted molar refractivity (Wildman–Crippen MR) is 91.3 cm³/mol. The molecule has 5 heteroatoms. The first-order chi connectivity index (χ1) is 8.64. The second-order valence-electron chi connectivity index (χ2n) is 6.01. The van der Waals surface area contributed by atoms with E-state index in [4.69, 9.17) is 9.16 Å². The number of esters is 1. The summed E-state index contributed by atoms with van der Waals surface area (Å²) >= 11 is 2.33. The van der Waals surface area contributed by atoms with Crippen LogP contribution in [0.3, 0.4) is 0 Å². The van der Waals surface area contributed by atoms with Gasteiger partial charge in [-0.3, -0.25) is 0 Å². The summed E-state index contributed by atoms with van der Waals surface area (Å²) in [5.74, 6) is -0.292. The van der Waals surface area contributed by atoms with Gasteiger partial charge in [0.15, 0.2) is 8.32 Å². The molecule has 0 rings (SSSR count). The summed E-state index contributed by atoms with van der Waals surface area (Å²) in [5.41, 5.74) is 0. The van der Waals surface area contributed by atoms with Crippen LogP contribution in [-0.2, 0) is 14.0 Å². The first kappa shape index (κ1) is 19.1. The Labute approximate surface area is 132 Å². The number of halogens is 1. The minimum absolute atomic E-state index is 0.00203. The molecule has 3 nitrogen and oxygen atoms in total. The molecule has 112 valence electrons. The van der Waals surface area contributed by atoms with Gasteiger partial charge < -0.3 is 9.16 Å². The van der Waals surface area contributed by atoms with E-state index in [9.17, 15) is 4.79 Å². The van der Waals surface area contributed by atoms with E-state index in [1.165, 1.54) is 6.08 Å². The first-order valence-corrected chi connectivity index (χ1v) is 11.2. The highest BCUT2D eigenvalue weighted by Crippen LogP contribution is 2.37. The summed E-state index contributed by atoms with van der Waals surface area (Å²) in [6, 6.07) is 0. The van der Waals surface area contributed by atoms with E-state index in [2.05, 4.69) is 56.5 Å². The van der Waals surface area contributed by atoms with Crippen LogP contribution in [0.15, 0.2) is 12.2 Å². The average Bonchev–Trinajstić information content (AvgIpc) is 2.24. The molecule has 0 aromatic heterocycles. The summed E-state index contributed by atoms with van der Waals surface area (Å²) in [6.45, 7) is 13.3. The van der Waals surface area contributed by atoms with Gasteiger partial charge >= 0.3 is 5.97 Å². The van der Waals surface area contributed by atoms with Crippen molar-refractivity contribution in [1.29, 1.82) is 0 Å². The van der Waals surface area contributed by atoms with Crippen molar-refractivity contribution < 1.29 is 14.0 Å². The lowest BCUT2D eigenvalue weighted by atomic mass is 10.2. The maximum Gasteiger partial charge on any atom is 0.330 e. The van der Waals surface area contributed by atoms with Crippen LogP contribution in [0.25, 0.3) is 0 Å².